The molecule has 0 unspecified atom stereocenters. The number of hydrogen-bond donors (Lipinski definition) is 1. The van der Waals surface area contributed by atoms with Crippen molar-refractivity contribution in [3.05, 3.63) is 41.0 Å². The average Bonchev–Trinajstić information content (AvgIpc) is 2.55. The van der Waals surface area contributed by atoms with Crippen LogP contribution in [0.5, 0.6) is 11.5 Å². The summed E-state index contributed by atoms with van der Waals surface area (Å²) in [5.41, 5.74) is 7.84. The molecule has 0 fully saturated rings. The fourth-order valence-corrected chi connectivity index (χ4v) is 2.06. The van der Waals surface area contributed by atoms with Gasteiger partial charge in [-0.05, 0) is 32.9 Å². The van der Waals surface area contributed by atoms with Crippen LogP contribution in [0, 0.1) is 19.7 Å². The lowest BCUT2D eigenvalue weighted by atomic mass is 10.1. The van der Waals surface area contributed by atoms with Crippen LogP contribution in [-0.4, -0.2) is 9.78 Å². The molecule has 1 aromatic heterocycles. The van der Waals surface area contributed by atoms with Gasteiger partial charge in [0.25, 0.3) is 0 Å². The summed E-state index contributed by atoms with van der Waals surface area (Å²) < 4.78 is 21.4. The largest absolute Gasteiger partial charge is 0.453 e. The number of ether oxygens (including phenoxy) is 1. The lowest BCUT2D eigenvalue weighted by Crippen LogP contribution is -2.09. The Balaban J connectivity index is 2.47. The third kappa shape index (κ3) is 2.46. The molecular formula is C14H18FN3O. The van der Waals surface area contributed by atoms with Crippen LogP contribution in [-0.2, 0) is 7.05 Å². The van der Waals surface area contributed by atoms with Crippen molar-refractivity contribution in [2.24, 2.45) is 12.8 Å². The number of hydrogen-bond acceptors (Lipinski definition) is 3. The van der Waals surface area contributed by atoms with E-state index in [1.807, 2.05) is 20.9 Å². The van der Waals surface area contributed by atoms with Gasteiger partial charge in [-0.25, -0.2) is 4.39 Å². The Morgan fingerprint density at radius 3 is 2.58 bits per heavy atom. The van der Waals surface area contributed by atoms with Crippen molar-refractivity contribution >= 4 is 0 Å². The summed E-state index contributed by atoms with van der Waals surface area (Å²) in [6.45, 7) is 5.49. The molecule has 0 bridgehead atoms. The molecule has 1 aromatic carbocycles. The zero-order chi connectivity index (χ0) is 14.2. The highest BCUT2D eigenvalue weighted by molar-refractivity contribution is 5.43. The van der Waals surface area contributed by atoms with E-state index < -0.39 is 6.04 Å². The molecule has 0 aliphatic rings. The summed E-state index contributed by atoms with van der Waals surface area (Å²) in [6, 6.07) is 4.27. The number of benzene rings is 1. The summed E-state index contributed by atoms with van der Waals surface area (Å²) in [4.78, 5) is 0. The van der Waals surface area contributed by atoms with Crippen molar-refractivity contribution in [1.29, 1.82) is 0 Å². The van der Waals surface area contributed by atoms with Gasteiger partial charge in [0.2, 0.25) is 0 Å². The molecule has 0 aliphatic carbocycles. The van der Waals surface area contributed by atoms with Gasteiger partial charge in [0.05, 0.1) is 5.69 Å². The molecule has 4 nitrogen and oxygen atoms in total. The molecule has 0 aliphatic heterocycles. The van der Waals surface area contributed by atoms with Gasteiger partial charge in [0.15, 0.2) is 5.75 Å². The Kier molecular flexibility index (Phi) is 3.57. The minimum atomic E-state index is -0.437. The van der Waals surface area contributed by atoms with Crippen molar-refractivity contribution in [3.8, 4) is 11.5 Å². The normalized spacial score (nSPS) is 12.5. The highest BCUT2D eigenvalue weighted by Crippen LogP contribution is 2.33. The summed E-state index contributed by atoms with van der Waals surface area (Å²) in [6.07, 6.45) is 0. The quantitative estimate of drug-likeness (QED) is 0.926. The topological polar surface area (TPSA) is 53.1 Å². The maximum Gasteiger partial charge on any atom is 0.171 e. The number of halogens is 1. The van der Waals surface area contributed by atoms with Crippen LogP contribution < -0.4 is 10.5 Å². The van der Waals surface area contributed by atoms with Crippen LogP contribution in [0.1, 0.15) is 29.9 Å². The van der Waals surface area contributed by atoms with E-state index in [9.17, 15) is 4.39 Å². The molecule has 2 N–H and O–H groups in total. The van der Waals surface area contributed by atoms with Gasteiger partial charge in [-0.2, -0.15) is 5.10 Å². The van der Waals surface area contributed by atoms with Crippen molar-refractivity contribution in [2.75, 3.05) is 0 Å². The third-order valence-corrected chi connectivity index (χ3v) is 3.12. The van der Waals surface area contributed by atoms with E-state index in [4.69, 9.17) is 10.5 Å². The molecule has 0 radical (unpaired) electrons. The van der Waals surface area contributed by atoms with E-state index in [1.54, 1.807) is 23.7 Å². The second kappa shape index (κ2) is 5.01. The molecular weight excluding hydrogens is 245 g/mol. The van der Waals surface area contributed by atoms with Gasteiger partial charge < -0.3 is 10.5 Å². The first kappa shape index (κ1) is 13.5. The maximum absolute atomic E-state index is 13.8. The van der Waals surface area contributed by atoms with Gasteiger partial charge in [0.1, 0.15) is 17.3 Å². The molecule has 2 rings (SSSR count). The highest BCUT2D eigenvalue weighted by Gasteiger charge is 2.17. The van der Waals surface area contributed by atoms with Gasteiger partial charge in [0, 0.05) is 18.7 Å². The summed E-state index contributed by atoms with van der Waals surface area (Å²) in [5.74, 6) is 0.732. The zero-order valence-corrected chi connectivity index (χ0v) is 11.6. The predicted octanol–water partition coefficient (Wildman–Crippen LogP) is 2.99. The Morgan fingerprint density at radius 1 is 1.37 bits per heavy atom. The highest BCUT2D eigenvalue weighted by atomic mass is 19.1. The lowest BCUT2D eigenvalue weighted by Gasteiger charge is -2.14. The minimum Gasteiger partial charge on any atom is -0.453 e. The average molecular weight is 263 g/mol. The van der Waals surface area contributed by atoms with E-state index in [-0.39, 0.29) is 5.82 Å². The third-order valence-electron chi connectivity index (χ3n) is 3.12. The van der Waals surface area contributed by atoms with Gasteiger partial charge in [-0.1, -0.05) is 6.07 Å². The van der Waals surface area contributed by atoms with Crippen molar-refractivity contribution < 1.29 is 9.13 Å². The summed E-state index contributed by atoms with van der Waals surface area (Å²) in [5, 5.41) is 4.27. The second-order valence-electron chi connectivity index (χ2n) is 4.67. The van der Waals surface area contributed by atoms with Gasteiger partial charge in [-0.15, -0.1) is 0 Å². The zero-order valence-electron chi connectivity index (χ0n) is 11.6. The Hall–Kier alpha value is -1.88. The first-order valence-electron chi connectivity index (χ1n) is 6.14. The van der Waals surface area contributed by atoms with Crippen molar-refractivity contribution in [2.45, 2.75) is 26.8 Å². The SMILES string of the molecule is Cc1nn(C)c(C)c1Oc1cccc(F)c1[C@H](C)N. The van der Waals surface area contributed by atoms with Gasteiger partial charge >= 0.3 is 0 Å². The van der Waals surface area contributed by atoms with E-state index in [1.165, 1.54) is 6.07 Å². The lowest BCUT2D eigenvalue weighted by molar-refractivity contribution is 0.454. The van der Waals surface area contributed by atoms with Crippen LogP contribution in [0.3, 0.4) is 0 Å². The molecule has 19 heavy (non-hydrogen) atoms. The van der Waals surface area contributed by atoms with Crippen molar-refractivity contribution in [1.82, 2.24) is 9.78 Å². The number of aryl methyl sites for hydroxylation is 2. The minimum absolute atomic E-state index is 0.355. The first-order chi connectivity index (χ1) is 8.91. The molecule has 102 valence electrons. The number of nitrogens with two attached hydrogens (primary N) is 1. The first-order valence-corrected chi connectivity index (χ1v) is 6.14. The number of rotatable bonds is 3. The van der Waals surface area contributed by atoms with Crippen LogP contribution in [0.4, 0.5) is 4.39 Å². The molecule has 1 atom stereocenters. The van der Waals surface area contributed by atoms with E-state index >= 15 is 0 Å². The van der Waals surface area contributed by atoms with Crippen molar-refractivity contribution in [3.63, 3.8) is 0 Å². The Labute approximate surface area is 112 Å². The van der Waals surface area contributed by atoms with Crippen LogP contribution in [0.2, 0.25) is 0 Å². The van der Waals surface area contributed by atoms with Crippen LogP contribution in [0.25, 0.3) is 0 Å². The van der Waals surface area contributed by atoms with E-state index in [0.29, 0.717) is 17.1 Å². The molecule has 1 heterocycles. The number of nitrogens with zero attached hydrogens (tertiary/aromatic N) is 2. The molecule has 2 aromatic rings. The second-order valence-corrected chi connectivity index (χ2v) is 4.67. The monoisotopic (exact) mass is 263 g/mol. The maximum atomic E-state index is 13.8. The molecule has 0 saturated heterocycles. The van der Waals surface area contributed by atoms with E-state index in [0.717, 1.165) is 11.4 Å². The standard InChI is InChI=1S/C14H18FN3O/c1-8(16)13-11(15)6-5-7-12(13)19-14-9(2)17-18(4)10(14)3/h5-8H,16H2,1-4H3/t8-/m0/s1. The van der Waals surface area contributed by atoms with Crippen LogP contribution >= 0.6 is 0 Å². The van der Waals surface area contributed by atoms with Gasteiger partial charge in [-0.3, -0.25) is 4.68 Å². The van der Waals surface area contributed by atoms with E-state index in [2.05, 4.69) is 5.10 Å². The fourth-order valence-electron chi connectivity index (χ4n) is 2.06. The van der Waals surface area contributed by atoms with Crippen LogP contribution in [0.15, 0.2) is 18.2 Å². The molecule has 0 amide bonds. The predicted molar refractivity (Wildman–Crippen MR) is 71.8 cm³/mol. The Morgan fingerprint density at radius 2 is 2.05 bits per heavy atom. The molecule has 0 spiro atoms. The number of aromatic nitrogens is 2. The molecule has 5 heteroatoms. The fraction of sp³-hybridized carbons (Fsp3) is 0.357. The summed E-state index contributed by atoms with van der Waals surface area (Å²) in [7, 11) is 1.84. The Bertz CT molecular complexity index is 605. The molecule has 0 saturated carbocycles. The summed E-state index contributed by atoms with van der Waals surface area (Å²) >= 11 is 0. The smallest absolute Gasteiger partial charge is 0.171 e.